The zero-order valence-electron chi connectivity index (χ0n) is 11.3. The summed E-state index contributed by atoms with van der Waals surface area (Å²) in [5.74, 6) is 0.852. The fourth-order valence-electron chi connectivity index (χ4n) is 1.42. The van der Waals surface area contributed by atoms with Crippen LogP contribution in [-0.4, -0.2) is 35.6 Å². The zero-order valence-corrected chi connectivity index (χ0v) is 11.3. The molecule has 0 aliphatic heterocycles. The van der Waals surface area contributed by atoms with Crippen LogP contribution in [0, 0.1) is 6.92 Å². The molecule has 0 spiro atoms. The van der Waals surface area contributed by atoms with E-state index in [-0.39, 0.29) is 5.97 Å². The molecule has 0 aliphatic carbocycles. The lowest BCUT2D eigenvalue weighted by molar-refractivity contribution is -0.141. The summed E-state index contributed by atoms with van der Waals surface area (Å²) in [4.78, 5) is 19.9. The van der Waals surface area contributed by atoms with E-state index in [2.05, 4.69) is 32.3 Å². The van der Waals surface area contributed by atoms with E-state index in [1.165, 1.54) is 7.11 Å². The normalized spacial score (nSPS) is 11.8. The molecule has 0 saturated heterocycles. The fraction of sp³-hybridized carbons (Fsp3) is 0.583. The molecule has 0 bridgehead atoms. The van der Waals surface area contributed by atoms with Crippen LogP contribution in [0.3, 0.4) is 0 Å². The number of esters is 1. The van der Waals surface area contributed by atoms with Crippen molar-refractivity contribution in [3.63, 3.8) is 0 Å². The number of carbonyl (C=O) groups excluding carboxylic acids is 1. The number of anilines is 2. The largest absolute Gasteiger partial charge is 0.467 e. The molecule has 2 N–H and O–H groups in total. The standard InChI is InChI=1S/C12H20N4O2/c1-5-6-13-12-14-8(2)7-10(16-12)15-9(3)11(17)18-4/h7,9H,5-6H2,1-4H3,(H2,13,14,15,16). The summed E-state index contributed by atoms with van der Waals surface area (Å²) in [7, 11) is 1.36. The molecule has 6 heteroatoms. The lowest BCUT2D eigenvalue weighted by Gasteiger charge is -2.13. The summed E-state index contributed by atoms with van der Waals surface area (Å²) >= 11 is 0. The van der Waals surface area contributed by atoms with Gasteiger partial charge in [0.05, 0.1) is 7.11 Å². The van der Waals surface area contributed by atoms with Crippen LogP contribution in [0.25, 0.3) is 0 Å². The highest BCUT2D eigenvalue weighted by atomic mass is 16.5. The number of aryl methyl sites for hydroxylation is 1. The smallest absolute Gasteiger partial charge is 0.328 e. The van der Waals surface area contributed by atoms with Crippen molar-refractivity contribution in [1.82, 2.24) is 9.97 Å². The SMILES string of the molecule is CCCNc1nc(C)cc(NC(C)C(=O)OC)n1. The van der Waals surface area contributed by atoms with Gasteiger partial charge in [0, 0.05) is 18.3 Å². The van der Waals surface area contributed by atoms with Gasteiger partial charge in [-0.3, -0.25) is 0 Å². The minimum Gasteiger partial charge on any atom is -0.467 e. The lowest BCUT2D eigenvalue weighted by Crippen LogP contribution is -2.27. The topological polar surface area (TPSA) is 76.1 Å². The van der Waals surface area contributed by atoms with Gasteiger partial charge in [-0.2, -0.15) is 4.98 Å². The van der Waals surface area contributed by atoms with Gasteiger partial charge in [0.25, 0.3) is 0 Å². The second kappa shape index (κ2) is 6.78. The molecule has 0 saturated carbocycles. The van der Waals surface area contributed by atoms with Crippen LogP contribution in [0.1, 0.15) is 26.0 Å². The van der Waals surface area contributed by atoms with Gasteiger partial charge in [0.15, 0.2) is 0 Å². The van der Waals surface area contributed by atoms with Crippen LogP contribution in [0.2, 0.25) is 0 Å². The molecule has 0 fully saturated rings. The molecule has 1 aromatic heterocycles. The highest BCUT2D eigenvalue weighted by molar-refractivity contribution is 5.78. The maximum absolute atomic E-state index is 11.3. The number of aromatic nitrogens is 2. The number of carbonyl (C=O) groups is 1. The Balaban J connectivity index is 2.76. The van der Waals surface area contributed by atoms with Gasteiger partial charge >= 0.3 is 5.97 Å². The second-order valence-corrected chi connectivity index (χ2v) is 4.03. The van der Waals surface area contributed by atoms with Crippen LogP contribution >= 0.6 is 0 Å². The third-order valence-corrected chi connectivity index (χ3v) is 2.31. The Labute approximate surface area is 107 Å². The van der Waals surface area contributed by atoms with Crippen LogP contribution in [0.15, 0.2) is 6.07 Å². The Hall–Kier alpha value is -1.85. The average Bonchev–Trinajstić information content (AvgIpc) is 2.34. The molecule has 0 radical (unpaired) electrons. The summed E-state index contributed by atoms with van der Waals surface area (Å²) in [5, 5.41) is 6.10. The Morgan fingerprint density at radius 3 is 2.83 bits per heavy atom. The van der Waals surface area contributed by atoms with Crippen molar-refractivity contribution < 1.29 is 9.53 Å². The van der Waals surface area contributed by atoms with Crippen molar-refractivity contribution in [1.29, 1.82) is 0 Å². The molecule has 6 nitrogen and oxygen atoms in total. The van der Waals surface area contributed by atoms with E-state index in [0.29, 0.717) is 11.8 Å². The van der Waals surface area contributed by atoms with Gasteiger partial charge in [-0.1, -0.05) is 6.92 Å². The van der Waals surface area contributed by atoms with Crippen molar-refractivity contribution in [3.05, 3.63) is 11.8 Å². The molecular weight excluding hydrogens is 232 g/mol. The van der Waals surface area contributed by atoms with Crippen molar-refractivity contribution in [2.45, 2.75) is 33.2 Å². The van der Waals surface area contributed by atoms with E-state index < -0.39 is 6.04 Å². The molecule has 1 unspecified atom stereocenters. The summed E-state index contributed by atoms with van der Waals surface area (Å²) < 4.78 is 4.65. The highest BCUT2D eigenvalue weighted by Crippen LogP contribution is 2.11. The minimum absolute atomic E-state index is 0.325. The Morgan fingerprint density at radius 2 is 2.22 bits per heavy atom. The average molecular weight is 252 g/mol. The predicted molar refractivity (Wildman–Crippen MR) is 70.7 cm³/mol. The monoisotopic (exact) mass is 252 g/mol. The highest BCUT2D eigenvalue weighted by Gasteiger charge is 2.13. The number of hydrogen-bond donors (Lipinski definition) is 2. The Morgan fingerprint density at radius 1 is 1.50 bits per heavy atom. The molecule has 1 aromatic rings. The van der Waals surface area contributed by atoms with E-state index in [1.54, 1.807) is 13.0 Å². The zero-order chi connectivity index (χ0) is 13.5. The predicted octanol–water partition coefficient (Wildman–Crippen LogP) is 1.58. The number of nitrogens with zero attached hydrogens (tertiary/aromatic N) is 2. The van der Waals surface area contributed by atoms with Gasteiger partial charge in [-0.25, -0.2) is 9.78 Å². The number of rotatable bonds is 6. The maximum atomic E-state index is 11.3. The molecule has 1 atom stereocenters. The second-order valence-electron chi connectivity index (χ2n) is 4.03. The molecular formula is C12H20N4O2. The van der Waals surface area contributed by atoms with Crippen LogP contribution in [0.5, 0.6) is 0 Å². The molecule has 0 aliphatic rings. The molecule has 1 rings (SSSR count). The molecule has 18 heavy (non-hydrogen) atoms. The van der Waals surface area contributed by atoms with Gasteiger partial charge in [0.2, 0.25) is 5.95 Å². The van der Waals surface area contributed by atoms with Crippen molar-refractivity contribution in [2.24, 2.45) is 0 Å². The van der Waals surface area contributed by atoms with Gasteiger partial charge in [0.1, 0.15) is 11.9 Å². The summed E-state index contributed by atoms with van der Waals surface area (Å²) in [6.45, 7) is 6.49. The Kier molecular flexibility index (Phi) is 5.35. The van der Waals surface area contributed by atoms with E-state index in [1.807, 2.05) is 6.92 Å². The van der Waals surface area contributed by atoms with E-state index in [4.69, 9.17) is 0 Å². The van der Waals surface area contributed by atoms with Gasteiger partial charge in [-0.15, -0.1) is 0 Å². The van der Waals surface area contributed by atoms with Crippen LogP contribution < -0.4 is 10.6 Å². The molecule has 1 heterocycles. The quantitative estimate of drug-likeness (QED) is 0.749. The summed E-state index contributed by atoms with van der Waals surface area (Å²) in [6.07, 6.45) is 0.999. The minimum atomic E-state index is -0.441. The summed E-state index contributed by atoms with van der Waals surface area (Å²) in [6, 6.07) is 1.35. The van der Waals surface area contributed by atoms with Crippen LogP contribution in [-0.2, 0) is 9.53 Å². The third kappa shape index (κ3) is 4.20. The first-order valence-corrected chi connectivity index (χ1v) is 6.00. The van der Waals surface area contributed by atoms with Crippen molar-refractivity contribution in [3.8, 4) is 0 Å². The van der Waals surface area contributed by atoms with Crippen molar-refractivity contribution >= 4 is 17.7 Å². The summed E-state index contributed by atoms with van der Waals surface area (Å²) in [5.41, 5.74) is 0.836. The first kappa shape index (κ1) is 14.2. The van der Waals surface area contributed by atoms with E-state index >= 15 is 0 Å². The lowest BCUT2D eigenvalue weighted by atomic mass is 10.3. The van der Waals surface area contributed by atoms with E-state index in [0.717, 1.165) is 18.7 Å². The number of hydrogen-bond acceptors (Lipinski definition) is 6. The van der Waals surface area contributed by atoms with Gasteiger partial charge in [-0.05, 0) is 20.3 Å². The maximum Gasteiger partial charge on any atom is 0.328 e. The number of ether oxygens (including phenoxy) is 1. The van der Waals surface area contributed by atoms with Crippen LogP contribution in [0.4, 0.5) is 11.8 Å². The third-order valence-electron chi connectivity index (χ3n) is 2.31. The fourth-order valence-corrected chi connectivity index (χ4v) is 1.42. The Bertz CT molecular complexity index is 409. The first-order valence-electron chi connectivity index (χ1n) is 6.00. The molecule has 0 amide bonds. The first-order chi connectivity index (χ1) is 8.56. The number of nitrogens with one attached hydrogen (secondary N) is 2. The van der Waals surface area contributed by atoms with E-state index in [9.17, 15) is 4.79 Å². The van der Waals surface area contributed by atoms with Gasteiger partial charge < -0.3 is 15.4 Å². The number of methoxy groups -OCH3 is 1. The molecule has 100 valence electrons. The molecule has 0 aromatic carbocycles. The van der Waals surface area contributed by atoms with Crippen molar-refractivity contribution in [2.75, 3.05) is 24.3 Å².